The van der Waals surface area contributed by atoms with Crippen LogP contribution in [-0.2, 0) is 11.3 Å². The van der Waals surface area contributed by atoms with E-state index in [1.807, 2.05) is 25.1 Å². The number of carbonyl (C=O) groups is 1. The monoisotopic (exact) mass is 430 g/mol. The van der Waals surface area contributed by atoms with Crippen LogP contribution in [0.1, 0.15) is 44.0 Å². The van der Waals surface area contributed by atoms with Gasteiger partial charge in [-0.1, -0.05) is 37.1 Å². The summed E-state index contributed by atoms with van der Waals surface area (Å²) in [6.45, 7) is 4.93. The van der Waals surface area contributed by atoms with Crippen LogP contribution in [0.4, 0.5) is 5.69 Å². The molecule has 0 bridgehead atoms. The quantitative estimate of drug-likeness (QED) is 0.590. The summed E-state index contributed by atoms with van der Waals surface area (Å²) in [5, 5.41) is 0.550. The zero-order chi connectivity index (χ0) is 22.3. The first-order chi connectivity index (χ1) is 15.6. The summed E-state index contributed by atoms with van der Waals surface area (Å²) in [7, 11) is 0. The lowest BCUT2D eigenvalue weighted by Crippen LogP contribution is -2.30. The molecule has 4 rings (SSSR count). The average Bonchev–Trinajstić information content (AvgIpc) is 3.11. The van der Waals surface area contributed by atoms with Crippen molar-refractivity contribution in [3.63, 3.8) is 0 Å². The zero-order valence-corrected chi connectivity index (χ0v) is 18.6. The maximum Gasteiger partial charge on any atom is 0.258 e. The first-order valence-electron chi connectivity index (χ1n) is 11.4. The van der Waals surface area contributed by atoms with Crippen molar-refractivity contribution in [1.29, 1.82) is 0 Å². The van der Waals surface area contributed by atoms with E-state index in [1.54, 1.807) is 23.1 Å². The van der Waals surface area contributed by atoms with Gasteiger partial charge in [0.2, 0.25) is 5.91 Å². The van der Waals surface area contributed by atoms with Crippen molar-refractivity contribution in [3.05, 3.63) is 76.3 Å². The Morgan fingerprint density at radius 2 is 1.78 bits per heavy atom. The molecule has 1 N–H and O–H groups in total. The number of H-pyrrole nitrogens is 1. The lowest BCUT2D eigenvalue weighted by atomic mass is 10.1. The molecule has 32 heavy (non-hydrogen) atoms. The molecule has 0 spiro atoms. The van der Waals surface area contributed by atoms with E-state index in [-0.39, 0.29) is 18.0 Å². The number of carbonyl (C=O) groups excluding carboxylic acids is 1. The molecule has 6 nitrogen and oxygen atoms in total. The van der Waals surface area contributed by atoms with E-state index in [1.165, 1.54) is 31.4 Å². The molecule has 0 aliphatic carbocycles. The maximum atomic E-state index is 12.8. The molecule has 1 aliphatic heterocycles. The van der Waals surface area contributed by atoms with Crippen LogP contribution in [0.25, 0.3) is 17.0 Å². The Bertz CT molecular complexity index is 1140. The van der Waals surface area contributed by atoms with Gasteiger partial charge in [0.1, 0.15) is 5.82 Å². The Kier molecular flexibility index (Phi) is 7.00. The Morgan fingerprint density at radius 3 is 2.50 bits per heavy atom. The smallest absolute Gasteiger partial charge is 0.258 e. The fourth-order valence-electron chi connectivity index (χ4n) is 4.13. The Balaban J connectivity index is 1.42. The molecule has 1 aromatic heterocycles. The largest absolute Gasteiger partial charge is 0.372 e. The van der Waals surface area contributed by atoms with Gasteiger partial charge in [-0.3, -0.25) is 9.59 Å². The summed E-state index contributed by atoms with van der Waals surface area (Å²) in [5.41, 5.74) is 2.69. The SMILES string of the molecule is CCN(Cc1nc2ccccc2c(=O)[nH]1)C(=O)/C=C/c1ccc(N2CCCCCC2)cc1. The van der Waals surface area contributed by atoms with Crippen LogP contribution in [-0.4, -0.2) is 40.4 Å². The highest BCUT2D eigenvalue weighted by atomic mass is 16.2. The molecule has 166 valence electrons. The molecular formula is C26H30N4O2. The van der Waals surface area contributed by atoms with Gasteiger partial charge in [0.15, 0.2) is 0 Å². The lowest BCUT2D eigenvalue weighted by Gasteiger charge is -2.22. The van der Waals surface area contributed by atoms with Crippen LogP contribution in [0.3, 0.4) is 0 Å². The van der Waals surface area contributed by atoms with Gasteiger partial charge in [-0.05, 0) is 55.7 Å². The van der Waals surface area contributed by atoms with Crippen molar-refractivity contribution in [2.24, 2.45) is 0 Å². The van der Waals surface area contributed by atoms with Crippen molar-refractivity contribution < 1.29 is 4.79 Å². The Labute approximate surface area is 188 Å². The number of hydrogen-bond acceptors (Lipinski definition) is 4. The van der Waals surface area contributed by atoms with E-state index in [0.29, 0.717) is 23.3 Å². The van der Waals surface area contributed by atoms with Crippen molar-refractivity contribution in [3.8, 4) is 0 Å². The van der Waals surface area contributed by atoms with Crippen molar-refractivity contribution in [2.45, 2.75) is 39.2 Å². The minimum atomic E-state index is -0.186. The highest BCUT2D eigenvalue weighted by Crippen LogP contribution is 2.20. The number of nitrogens with zero attached hydrogens (tertiary/aromatic N) is 3. The summed E-state index contributed by atoms with van der Waals surface area (Å²) in [5.74, 6) is 0.374. The van der Waals surface area contributed by atoms with Gasteiger partial charge >= 0.3 is 0 Å². The second kappa shape index (κ2) is 10.3. The van der Waals surface area contributed by atoms with Gasteiger partial charge in [0.05, 0.1) is 17.4 Å². The van der Waals surface area contributed by atoms with Crippen molar-refractivity contribution in [2.75, 3.05) is 24.5 Å². The van der Waals surface area contributed by atoms with Gasteiger partial charge in [0.25, 0.3) is 5.56 Å². The van der Waals surface area contributed by atoms with E-state index in [2.05, 4.69) is 39.1 Å². The van der Waals surface area contributed by atoms with Crippen LogP contribution >= 0.6 is 0 Å². The summed E-state index contributed by atoms with van der Waals surface area (Å²) in [4.78, 5) is 36.5. The van der Waals surface area contributed by atoms with Gasteiger partial charge < -0.3 is 14.8 Å². The van der Waals surface area contributed by atoms with Gasteiger partial charge in [-0.2, -0.15) is 0 Å². The minimum absolute atomic E-state index is 0.111. The molecule has 1 saturated heterocycles. The molecule has 1 fully saturated rings. The number of likely N-dealkylation sites (N-methyl/N-ethyl adjacent to an activating group) is 1. The molecular weight excluding hydrogens is 400 g/mol. The second-order valence-corrected chi connectivity index (χ2v) is 8.21. The molecule has 1 amide bonds. The van der Waals surface area contributed by atoms with Crippen LogP contribution in [0, 0.1) is 0 Å². The summed E-state index contributed by atoms with van der Waals surface area (Å²) < 4.78 is 0. The van der Waals surface area contributed by atoms with Crippen LogP contribution in [0.5, 0.6) is 0 Å². The zero-order valence-electron chi connectivity index (χ0n) is 18.6. The molecule has 3 aromatic rings. The van der Waals surface area contributed by atoms with E-state index in [4.69, 9.17) is 0 Å². The van der Waals surface area contributed by atoms with Gasteiger partial charge in [-0.25, -0.2) is 4.98 Å². The maximum absolute atomic E-state index is 12.8. The van der Waals surface area contributed by atoms with Gasteiger partial charge in [-0.15, -0.1) is 0 Å². The number of anilines is 1. The number of aromatic nitrogens is 2. The van der Waals surface area contributed by atoms with Crippen molar-refractivity contribution >= 4 is 28.6 Å². The molecule has 1 aliphatic rings. The number of nitrogens with one attached hydrogen (secondary N) is 1. The van der Waals surface area contributed by atoms with E-state index in [9.17, 15) is 9.59 Å². The Morgan fingerprint density at radius 1 is 1.06 bits per heavy atom. The topological polar surface area (TPSA) is 69.3 Å². The number of hydrogen-bond donors (Lipinski definition) is 1. The van der Waals surface area contributed by atoms with Crippen LogP contribution in [0.2, 0.25) is 0 Å². The number of fused-ring (bicyclic) bond motifs is 1. The van der Waals surface area contributed by atoms with Crippen LogP contribution in [0.15, 0.2) is 59.4 Å². The standard InChI is InChI=1S/C26H30N4O2/c1-2-29(19-24-27-23-10-6-5-9-22(23)26(32)28-24)25(31)16-13-20-11-14-21(15-12-20)30-17-7-3-4-8-18-30/h5-6,9-16H,2-4,7-8,17-19H2,1H3,(H,27,28,32)/b16-13+. The van der Waals surface area contributed by atoms with E-state index in [0.717, 1.165) is 18.7 Å². The summed E-state index contributed by atoms with van der Waals surface area (Å²) in [6, 6.07) is 15.6. The number of amides is 1. The predicted molar refractivity (Wildman–Crippen MR) is 130 cm³/mol. The number of benzene rings is 2. The highest BCUT2D eigenvalue weighted by Gasteiger charge is 2.13. The molecule has 0 saturated carbocycles. The molecule has 0 unspecified atom stereocenters. The van der Waals surface area contributed by atoms with Crippen LogP contribution < -0.4 is 10.5 Å². The third-order valence-corrected chi connectivity index (χ3v) is 5.98. The average molecular weight is 431 g/mol. The lowest BCUT2D eigenvalue weighted by molar-refractivity contribution is -0.126. The molecule has 2 heterocycles. The van der Waals surface area contributed by atoms with Crippen molar-refractivity contribution in [1.82, 2.24) is 14.9 Å². The molecule has 0 atom stereocenters. The molecule has 6 heteroatoms. The minimum Gasteiger partial charge on any atom is -0.372 e. The number of aromatic amines is 1. The van der Waals surface area contributed by atoms with Gasteiger partial charge in [0, 0.05) is 31.4 Å². The highest BCUT2D eigenvalue weighted by molar-refractivity contribution is 5.91. The first kappa shape index (κ1) is 21.8. The van der Waals surface area contributed by atoms with E-state index >= 15 is 0 Å². The third kappa shape index (κ3) is 5.25. The number of para-hydroxylation sites is 1. The van der Waals surface area contributed by atoms with E-state index < -0.39 is 0 Å². The fourth-order valence-corrected chi connectivity index (χ4v) is 4.13. The predicted octanol–water partition coefficient (Wildman–Crippen LogP) is 4.37. The number of rotatable bonds is 6. The summed E-state index contributed by atoms with van der Waals surface area (Å²) >= 11 is 0. The third-order valence-electron chi connectivity index (χ3n) is 5.98. The first-order valence-corrected chi connectivity index (χ1v) is 11.4. The second-order valence-electron chi connectivity index (χ2n) is 8.21. The summed E-state index contributed by atoms with van der Waals surface area (Å²) in [6.07, 6.45) is 8.56. The molecule has 0 radical (unpaired) electrons. The fraction of sp³-hybridized carbons (Fsp3) is 0.346. The Hall–Kier alpha value is -3.41. The normalized spacial score (nSPS) is 14.6. The molecule has 2 aromatic carbocycles.